The molecule has 0 radical (unpaired) electrons. The molecule has 4 nitrogen and oxygen atoms in total. The van der Waals surface area contributed by atoms with Crippen molar-refractivity contribution in [2.24, 2.45) is 17.3 Å². The number of hydrogen-bond acceptors (Lipinski definition) is 4. The lowest BCUT2D eigenvalue weighted by Crippen LogP contribution is -2.46. The van der Waals surface area contributed by atoms with Crippen molar-refractivity contribution in [2.45, 2.75) is 70.1 Å². The number of Topliss-reactive ketones (excluding diaryl/α,β-unsaturated/α-hetero) is 1. The Morgan fingerprint density at radius 3 is 2.61 bits per heavy atom. The quantitative estimate of drug-likeness (QED) is 0.487. The molecule has 1 heterocycles. The van der Waals surface area contributed by atoms with E-state index in [1.54, 1.807) is 6.07 Å². The van der Waals surface area contributed by atoms with Gasteiger partial charge in [-0.2, -0.15) is 0 Å². The van der Waals surface area contributed by atoms with Gasteiger partial charge in [0.05, 0.1) is 5.02 Å². The van der Waals surface area contributed by atoms with Crippen LogP contribution in [0.3, 0.4) is 0 Å². The van der Waals surface area contributed by atoms with Crippen LogP contribution in [0.1, 0.15) is 80.4 Å². The van der Waals surface area contributed by atoms with Gasteiger partial charge in [0.2, 0.25) is 0 Å². The van der Waals surface area contributed by atoms with E-state index < -0.39 is 0 Å². The summed E-state index contributed by atoms with van der Waals surface area (Å²) in [6, 6.07) is 12.5. The van der Waals surface area contributed by atoms with E-state index in [0.29, 0.717) is 35.0 Å². The van der Waals surface area contributed by atoms with Crippen molar-refractivity contribution in [3.63, 3.8) is 0 Å². The molecule has 4 aliphatic rings. The van der Waals surface area contributed by atoms with Crippen molar-refractivity contribution in [2.75, 3.05) is 26.2 Å². The summed E-state index contributed by atoms with van der Waals surface area (Å²) in [7, 11) is 0. The first-order chi connectivity index (χ1) is 17.5. The monoisotopic (exact) mass is 507 g/mol. The lowest BCUT2D eigenvalue weighted by molar-refractivity contribution is -0.130. The second-order valence-electron chi connectivity index (χ2n) is 11.8. The van der Waals surface area contributed by atoms with Crippen LogP contribution in [0, 0.1) is 17.3 Å². The number of phenolic OH excluding ortho intramolecular Hbond substituents is 1. The van der Waals surface area contributed by atoms with Gasteiger partial charge in [-0.1, -0.05) is 43.1 Å². The number of ketones is 1. The molecule has 0 aromatic heterocycles. The number of phenols is 1. The highest BCUT2D eigenvalue weighted by Gasteiger charge is 2.58. The molecule has 2 saturated carbocycles. The van der Waals surface area contributed by atoms with Crippen LogP contribution in [0.4, 0.5) is 0 Å². The summed E-state index contributed by atoms with van der Waals surface area (Å²) in [4.78, 5) is 15.6. The average Bonchev–Trinajstić information content (AvgIpc) is 3.20. The minimum Gasteiger partial charge on any atom is -0.506 e. The van der Waals surface area contributed by atoms with E-state index in [-0.39, 0.29) is 17.1 Å². The Balaban J connectivity index is 1.27. The first-order valence-corrected chi connectivity index (χ1v) is 14.3. The van der Waals surface area contributed by atoms with E-state index in [4.69, 9.17) is 16.3 Å². The number of likely N-dealkylation sites (tertiary alicyclic amines) is 1. The number of halogens is 1. The lowest BCUT2D eigenvalue weighted by Gasteiger charge is -2.52. The summed E-state index contributed by atoms with van der Waals surface area (Å²) in [6.07, 6.45) is 8.46. The van der Waals surface area contributed by atoms with E-state index >= 15 is 0 Å². The Bertz CT molecular complexity index is 1130. The Kier molecular flexibility index (Phi) is 6.54. The van der Waals surface area contributed by atoms with Crippen molar-refractivity contribution in [1.29, 1.82) is 0 Å². The van der Waals surface area contributed by atoms with Crippen LogP contribution < -0.4 is 4.74 Å². The van der Waals surface area contributed by atoms with Crippen LogP contribution in [0.2, 0.25) is 5.02 Å². The number of piperidine rings is 1. The van der Waals surface area contributed by atoms with Crippen LogP contribution in [0.15, 0.2) is 36.4 Å². The first-order valence-electron chi connectivity index (χ1n) is 13.9. The van der Waals surface area contributed by atoms with Crippen molar-refractivity contribution < 1.29 is 14.6 Å². The Morgan fingerprint density at radius 1 is 1.06 bits per heavy atom. The number of hydrogen-bond donors (Lipinski definition) is 1. The second kappa shape index (κ2) is 9.68. The van der Waals surface area contributed by atoms with Crippen LogP contribution in [-0.4, -0.2) is 42.0 Å². The van der Waals surface area contributed by atoms with Gasteiger partial charge in [0, 0.05) is 18.4 Å². The summed E-state index contributed by atoms with van der Waals surface area (Å²) in [5.74, 6) is 3.01. The summed E-state index contributed by atoms with van der Waals surface area (Å²) in [5, 5.41) is 10.8. The normalized spacial score (nSPS) is 32.0. The second-order valence-corrected chi connectivity index (χ2v) is 12.2. The molecule has 36 heavy (non-hydrogen) atoms. The number of fused-ring (bicyclic) bond motifs is 5. The van der Waals surface area contributed by atoms with Gasteiger partial charge in [-0.15, -0.1) is 0 Å². The Morgan fingerprint density at radius 2 is 1.83 bits per heavy atom. The molecular weight excluding hydrogens is 470 g/mol. The largest absolute Gasteiger partial charge is 0.506 e. The average molecular weight is 508 g/mol. The molecule has 6 rings (SSSR count). The maximum absolute atomic E-state index is 13.2. The molecule has 1 N–H and O–H groups in total. The number of carbonyl (C=O) groups excluding carboxylic acids is 1. The third kappa shape index (κ3) is 4.15. The fourth-order valence-electron chi connectivity index (χ4n) is 8.12. The predicted octanol–water partition coefficient (Wildman–Crippen LogP) is 6.73. The van der Waals surface area contributed by atoms with Crippen molar-refractivity contribution in [3.05, 3.63) is 58.1 Å². The van der Waals surface area contributed by atoms with E-state index in [1.807, 2.05) is 0 Å². The van der Waals surface area contributed by atoms with Crippen LogP contribution in [-0.2, 0) is 11.2 Å². The number of carbonyl (C=O) groups is 1. The summed E-state index contributed by atoms with van der Waals surface area (Å²) in [5.41, 5.74) is 3.42. The highest BCUT2D eigenvalue weighted by molar-refractivity contribution is 6.32. The fraction of sp³-hybridized carbons (Fsp3) is 0.581. The number of benzene rings is 2. The zero-order valence-corrected chi connectivity index (χ0v) is 22.1. The van der Waals surface area contributed by atoms with Gasteiger partial charge in [-0.25, -0.2) is 0 Å². The van der Waals surface area contributed by atoms with Gasteiger partial charge in [-0.05, 0) is 110 Å². The van der Waals surface area contributed by atoms with Gasteiger partial charge in [0.25, 0.3) is 0 Å². The summed E-state index contributed by atoms with van der Waals surface area (Å²) in [6.45, 7) is 6.31. The molecule has 3 fully saturated rings. The SMILES string of the molecule is C[C@]12C[C@H](c3ccc(OCCN4CCCCC4)cc3)[C@@H]3c4ccc(O)c(Cl)c4CC[C@H]3[C@@H]1CCC2=O. The minimum absolute atomic E-state index is 0.174. The number of nitrogens with zero attached hydrogens (tertiary/aromatic N) is 1. The molecule has 0 bridgehead atoms. The molecule has 1 aliphatic heterocycles. The van der Waals surface area contributed by atoms with Gasteiger partial charge >= 0.3 is 0 Å². The maximum atomic E-state index is 13.2. The van der Waals surface area contributed by atoms with E-state index in [1.165, 1.54) is 43.5 Å². The molecule has 5 atom stereocenters. The molecule has 5 heteroatoms. The highest BCUT2D eigenvalue weighted by atomic mass is 35.5. The fourth-order valence-corrected chi connectivity index (χ4v) is 8.39. The number of aromatic hydroxyl groups is 1. The zero-order chi connectivity index (χ0) is 24.9. The predicted molar refractivity (Wildman–Crippen MR) is 143 cm³/mol. The molecule has 1 saturated heterocycles. The van der Waals surface area contributed by atoms with E-state index in [0.717, 1.165) is 50.1 Å². The third-order valence-electron chi connectivity index (χ3n) is 9.97. The molecule has 0 spiro atoms. The van der Waals surface area contributed by atoms with Gasteiger partial charge in [0.1, 0.15) is 23.9 Å². The molecule has 192 valence electrons. The summed E-state index contributed by atoms with van der Waals surface area (Å²) >= 11 is 6.60. The minimum atomic E-state index is -0.242. The van der Waals surface area contributed by atoms with Gasteiger partial charge in [-0.3, -0.25) is 9.69 Å². The summed E-state index contributed by atoms with van der Waals surface area (Å²) < 4.78 is 6.11. The first kappa shape index (κ1) is 24.3. The molecule has 2 aromatic carbocycles. The van der Waals surface area contributed by atoms with E-state index in [2.05, 4.69) is 42.2 Å². The molecule has 2 aromatic rings. The molecule has 0 unspecified atom stereocenters. The standard InChI is InChI=1S/C31H38ClNO3/c1-31-19-25(20-5-7-21(8-6-20)36-18-17-33-15-3-2-4-16-33)29-22-11-13-27(34)30(32)23(22)9-10-24(29)26(31)12-14-28(31)35/h5-8,11,13,24-26,29,34H,2-4,9-10,12,14-19H2,1H3/t24-,25+,26-,29+,31-/m0/s1. The Hall–Kier alpha value is -2.04. The number of ether oxygens (including phenoxy) is 1. The highest BCUT2D eigenvalue weighted by Crippen LogP contribution is 2.64. The zero-order valence-electron chi connectivity index (χ0n) is 21.3. The lowest BCUT2D eigenvalue weighted by atomic mass is 9.51. The van der Waals surface area contributed by atoms with Crippen LogP contribution in [0.25, 0.3) is 0 Å². The third-order valence-corrected chi connectivity index (χ3v) is 10.4. The van der Waals surface area contributed by atoms with Gasteiger partial charge < -0.3 is 9.84 Å². The van der Waals surface area contributed by atoms with Crippen LogP contribution in [0.5, 0.6) is 11.5 Å². The van der Waals surface area contributed by atoms with Crippen molar-refractivity contribution in [1.82, 2.24) is 4.90 Å². The number of rotatable bonds is 5. The Labute approximate surface area is 220 Å². The molecule has 3 aliphatic carbocycles. The smallest absolute Gasteiger partial charge is 0.139 e. The van der Waals surface area contributed by atoms with E-state index in [9.17, 15) is 9.90 Å². The van der Waals surface area contributed by atoms with Crippen molar-refractivity contribution in [3.8, 4) is 11.5 Å². The van der Waals surface area contributed by atoms with Crippen molar-refractivity contribution >= 4 is 17.4 Å². The van der Waals surface area contributed by atoms with Crippen LogP contribution >= 0.6 is 11.6 Å². The van der Waals surface area contributed by atoms with Gasteiger partial charge in [0.15, 0.2) is 0 Å². The topological polar surface area (TPSA) is 49.8 Å². The maximum Gasteiger partial charge on any atom is 0.139 e. The molecule has 0 amide bonds. The molecular formula is C31H38ClNO3.